The van der Waals surface area contributed by atoms with E-state index >= 15 is 0 Å². The highest BCUT2D eigenvalue weighted by molar-refractivity contribution is 7.12. The maximum atomic E-state index is 13.6. The predicted molar refractivity (Wildman–Crippen MR) is 113 cm³/mol. The topological polar surface area (TPSA) is 60.2 Å². The maximum Gasteiger partial charge on any atom is 0.433 e. The van der Waals surface area contributed by atoms with Gasteiger partial charge in [0.25, 0.3) is 0 Å². The molecular weight excluding hydrogens is 427 g/mol. The van der Waals surface area contributed by atoms with Gasteiger partial charge < -0.3 is 9.84 Å². The second-order valence-corrected chi connectivity index (χ2v) is 7.34. The van der Waals surface area contributed by atoms with Crippen molar-refractivity contribution in [3.63, 3.8) is 0 Å². The molecule has 9 heteroatoms. The molecule has 2 aromatic heterocycles. The molecule has 0 bridgehead atoms. The minimum atomic E-state index is -4.61. The van der Waals surface area contributed by atoms with Crippen LogP contribution >= 0.6 is 11.3 Å². The molecule has 0 atom stereocenters. The molecule has 0 radical (unpaired) electrons. The van der Waals surface area contributed by atoms with E-state index < -0.39 is 11.9 Å². The second kappa shape index (κ2) is 8.27. The smallest absolute Gasteiger partial charge is 0.433 e. The molecule has 2 aromatic carbocycles. The summed E-state index contributed by atoms with van der Waals surface area (Å²) in [4.78, 5) is 4.34. The molecule has 1 N–H and O–H groups in total. The van der Waals surface area contributed by atoms with Gasteiger partial charge >= 0.3 is 6.18 Å². The molecule has 0 amide bonds. The Morgan fingerprint density at radius 3 is 2.48 bits per heavy atom. The van der Waals surface area contributed by atoms with Gasteiger partial charge in [0.2, 0.25) is 5.13 Å². The highest BCUT2D eigenvalue weighted by Gasteiger charge is 2.36. The fourth-order valence-corrected chi connectivity index (χ4v) is 3.68. The molecule has 158 valence electrons. The van der Waals surface area contributed by atoms with Crippen molar-refractivity contribution in [1.82, 2.24) is 14.8 Å². The fraction of sp³-hybridized carbons (Fsp3) is 0.0909. The molecule has 0 unspecified atom stereocenters. The number of alkyl halides is 3. The van der Waals surface area contributed by atoms with E-state index in [4.69, 9.17) is 4.74 Å². The lowest BCUT2D eigenvalue weighted by molar-refractivity contribution is -0.142. The molecule has 0 aliphatic carbocycles. The van der Waals surface area contributed by atoms with Crippen molar-refractivity contribution in [3.05, 3.63) is 76.9 Å². The van der Waals surface area contributed by atoms with Crippen molar-refractivity contribution in [3.8, 4) is 27.9 Å². The molecule has 0 fully saturated rings. The number of phenolic OH excluding ortho intramolecular Hbond substituents is 1. The molecule has 0 spiro atoms. The van der Waals surface area contributed by atoms with Crippen LogP contribution in [0.25, 0.3) is 28.5 Å². The average molecular weight is 443 g/mol. The monoisotopic (exact) mass is 443 g/mol. The molecule has 5 nitrogen and oxygen atoms in total. The van der Waals surface area contributed by atoms with Gasteiger partial charge in [-0.25, -0.2) is 9.67 Å². The van der Waals surface area contributed by atoms with Crippen molar-refractivity contribution >= 4 is 23.5 Å². The van der Waals surface area contributed by atoms with E-state index in [0.717, 1.165) is 27.6 Å². The van der Waals surface area contributed by atoms with Crippen LogP contribution < -0.4 is 4.74 Å². The lowest BCUT2D eigenvalue weighted by Gasteiger charge is -2.07. The molecular formula is C22H16F3N3O2S. The molecule has 2 heterocycles. The van der Waals surface area contributed by atoms with E-state index in [1.54, 1.807) is 55.0 Å². The van der Waals surface area contributed by atoms with Crippen LogP contribution in [-0.4, -0.2) is 27.0 Å². The van der Waals surface area contributed by atoms with Crippen LogP contribution in [0.15, 0.2) is 60.0 Å². The summed E-state index contributed by atoms with van der Waals surface area (Å²) >= 11 is 1.06. The predicted octanol–water partition coefficient (Wildman–Crippen LogP) is 5.90. The summed E-state index contributed by atoms with van der Waals surface area (Å²) in [6.07, 6.45) is -1.69. The lowest BCUT2D eigenvalue weighted by Crippen LogP contribution is -2.13. The van der Waals surface area contributed by atoms with Crippen LogP contribution in [-0.2, 0) is 6.18 Å². The van der Waals surface area contributed by atoms with Crippen molar-refractivity contribution in [1.29, 1.82) is 0 Å². The highest BCUT2D eigenvalue weighted by atomic mass is 32.1. The van der Waals surface area contributed by atoms with Crippen LogP contribution in [0.4, 0.5) is 13.2 Å². The number of benzene rings is 2. The Hall–Kier alpha value is -3.59. The van der Waals surface area contributed by atoms with E-state index in [2.05, 4.69) is 10.1 Å². The van der Waals surface area contributed by atoms with Gasteiger partial charge in [0.05, 0.1) is 18.5 Å². The number of hydrogen-bond acceptors (Lipinski definition) is 5. The Labute approximate surface area is 179 Å². The van der Waals surface area contributed by atoms with Gasteiger partial charge in [-0.15, -0.1) is 11.3 Å². The molecule has 31 heavy (non-hydrogen) atoms. The van der Waals surface area contributed by atoms with Gasteiger partial charge in [-0.2, -0.15) is 18.3 Å². The molecule has 4 rings (SSSR count). The summed E-state index contributed by atoms with van der Waals surface area (Å²) in [6.45, 7) is 0. The molecule has 0 aliphatic heterocycles. The van der Waals surface area contributed by atoms with Crippen LogP contribution in [0.2, 0.25) is 0 Å². The van der Waals surface area contributed by atoms with E-state index in [-0.39, 0.29) is 16.6 Å². The third-order valence-electron chi connectivity index (χ3n) is 4.45. The molecule has 0 saturated heterocycles. The molecule has 4 aromatic rings. The van der Waals surface area contributed by atoms with Crippen molar-refractivity contribution in [2.75, 3.05) is 7.11 Å². The number of rotatable bonds is 5. The van der Waals surface area contributed by atoms with Gasteiger partial charge in [-0.1, -0.05) is 18.2 Å². The number of para-hydroxylation sites is 1. The Kier molecular flexibility index (Phi) is 5.51. The number of ether oxygens (including phenoxy) is 1. The molecule has 0 aliphatic rings. The Bertz CT molecular complexity index is 1230. The SMILES string of the molecule is COc1ccc(-c2csc(-n3nc(C=Cc4ccccc4O)cc3C(F)(F)F)n2)cc1. The maximum absolute atomic E-state index is 13.6. The number of thiazole rings is 1. The highest BCUT2D eigenvalue weighted by Crippen LogP contribution is 2.34. The second-order valence-electron chi connectivity index (χ2n) is 6.50. The first-order valence-corrected chi connectivity index (χ1v) is 9.97. The zero-order valence-corrected chi connectivity index (χ0v) is 17.0. The zero-order valence-electron chi connectivity index (χ0n) is 16.2. The Morgan fingerprint density at radius 1 is 1.06 bits per heavy atom. The first kappa shape index (κ1) is 20.7. The number of hydrogen-bond donors (Lipinski definition) is 1. The van der Waals surface area contributed by atoms with Crippen molar-refractivity contribution in [2.24, 2.45) is 0 Å². The van der Waals surface area contributed by atoms with E-state index in [9.17, 15) is 18.3 Å². The zero-order chi connectivity index (χ0) is 22.0. The van der Waals surface area contributed by atoms with Gasteiger partial charge in [-0.3, -0.25) is 0 Å². The number of phenols is 1. The van der Waals surface area contributed by atoms with E-state index in [1.807, 2.05) is 0 Å². The summed E-state index contributed by atoms with van der Waals surface area (Å²) in [5, 5.41) is 15.7. The van der Waals surface area contributed by atoms with Crippen LogP contribution in [0, 0.1) is 0 Å². The number of aromatic nitrogens is 3. The van der Waals surface area contributed by atoms with Gasteiger partial charge in [0.15, 0.2) is 5.69 Å². The van der Waals surface area contributed by atoms with E-state index in [0.29, 0.717) is 17.0 Å². The third-order valence-corrected chi connectivity index (χ3v) is 5.26. The van der Waals surface area contributed by atoms with Gasteiger partial charge in [0, 0.05) is 16.5 Å². The Balaban J connectivity index is 1.69. The fourth-order valence-electron chi connectivity index (χ4n) is 2.89. The largest absolute Gasteiger partial charge is 0.507 e. The first-order valence-electron chi connectivity index (χ1n) is 9.09. The van der Waals surface area contributed by atoms with Gasteiger partial charge in [0.1, 0.15) is 11.5 Å². The van der Waals surface area contributed by atoms with E-state index in [1.165, 1.54) is 18.2 Å². The van der Waals surface area contributed by atoms with Crippen molar-refractivity contribution in [2.45, 2.75) is 6.18 Å². The third kappa shape index (κ3) is 4.46. The Morgan fingerprint density at radius 2 is 1.81 bits per heavy atom. The number of methoxy groups -OCH3 is 1. The minimum absolute atomic E-state index is 0.0262. The average Bonchev–Trinajstić information content (AvgIpc) is 3.40. The summed E-state index contributed by atoms with van der Waals surface area (Å²) in [6, 6.07) is 14.5. The summed E-state index contributed by atoms with van der Waals surface area (Å²) < 4.78 is 46.8. The van der Waals surface area contributed by atoms with Crippen LogP contribution in [0.3, 0.4) is 0 Å². The van der Waals surface area contributed by atoms with Crippen molar-refractivity contribution < 1.29 is 23.0 Å². The summed E-state index contributed by atoms with van der Waals surface area (Å²) in [7, 11) is 1.55. The summed E-state index contributed by atoms with van der Waals surface area (Å²) in [5.74, 6) is 0.699. The summed E-state index contributed by atoms with van der Waals surface area (Å²) in [5.41, 5.74) is 0.930. The number of nitrogens with zero attached hydrogens (tertiary/aromatic N) is 3. The normalized spacial score (nSPS) is 11.9. The first-order chi connectivity index (χ1) is 14.8. The number of halogens is 3. The lowest BCUT2D eigenvalue weighted by atomic mass is 10.2. The standard InChI is InChI=1S/C22H16F3N3O2S/c1-30-17-10-7-14(8-11-17)18-13-31-21(26-18)28-20(22(23,24)25)12-16(27-28)9-6-15-4-2-3-5-19(15)29/h2-13,29H,1H3. The van der Waals surface area contributed by atoms with Gasteiger partial charge in [-0.05, 0) is 48.6 Å². The quantitative estimate of drug-likeness (QED) is 0.417. The minimum Gasteiger partial charge on any atom is -0.507 e. The number of aromatic hydroxyl groups is 1. The van der Waals surface area contributed by atoms with Crippen LogP contribution in [0.5, 0.6) is 11.5 Å². The molecule has 0 saturated carbocycles. The van der Waals surface area contributed by atoms with Crippen LogP contribution in [0.1, 0.15) is 17.0 Å².